The first kappa shape index (κ1) is 11.9. The van der Waals surface area contributed by atoms with E-state index in [4.69, 9.17) is 9.47 Å². The fourth-order valence-electron chi connectivity index (χ4n) is 1.92. The van der Waals surface area contributed by atoms with Crippen molar-refractivity contribution in [2.24, 2.45) is 0 Å². The van der Waals surface area contributed by atoms with Gasteiger partial charge in [0.15, 0.2) is 0 Å². The lowest BCUT2D eigenvalue weighted by Crippen LogP contribution is -2.37. The van der Waals surface area contributed by atoms with Gasteiger partial charge in [-0.2, -0.15) is 0 Å². The molecule has 1 N–H and O–H groups in total. The average molecular weight is 235 g/mol. The number of amides is 1. The van der Waals surface area contributed by atoms with Crippen LogP contribution in [0.5, 0.6) is 0 Å². The number of benzene rings is 1. The largest absolute Gasteiger partial charge is 0.450 e. The highest BCUT2D eigenvalue weighted by molar-refractivity contribution is 5.67. The van der Waals surface area contributed by atoms with Gasteiger partial charge in [0.25, 0.3) is 0 Å². The molecule has 1 unspecified atom stereocenters. The number of rotatable bonds is 3. The molecule has 1 atom stereocenters. The molecule has 4 heteroatoms. The summed E-state index contributed by atoms with van der Waals surface area (Å²) in [4.78, 5) is 11.1. The van der Waals surface area contributed by atoms with Gasteiger partial charge in [-0.25, -0.2) is 4.79 Å². The standard InChI is InChI=1S/C13H17NO3/c1-2-16-13(15)14-8-12-7-10-5-3-4-6-11(10)9-17-12/h3-6,12H,2,7-9H2,1H3,(H,14,15). The molecule has 0 saturated heterocycles. The van der Waals surface area contributed by atoms with Crippen LogP contribution in [0.3, 0.4) is 0 Å². The van der Waals surface area contributed by atoms with Gasteiger partial charge in [0.1, 0.15) is 0 Å². The molecule has 0 aromatic heterocycles. The van der Waals surface area contributed by atoms with Gasteiger partial charge in [0.05, 0.1) is 19.3 Å². The van der Waals surface area contributed by atoms with Gasteiger partial charge in [0, 0.05) is 13.0 Å². The summed E-state index contributed by atoms with van der Waals surface area (Å²) in [7, 11) is 0. The first-order valence-corrected chi connectivity index (χ1v) is 5.88. The van der Waals surface area contributed by atoms with E-state index in [0.29, 0.717) is 19.8 Å². The molecule has 92 valence electrons. The monoisotopic (exact) mass is 235 g/mol. The lowest BCUT2D eigenvalue weighted by molar-refractivity contribution is 0.0283. The maximum absolute atomic E-state index is 11.1. The minimum atomic E-state index is -0.380. The summed E-state index contributed by atoms with van der Waals surface area (Å²) in [6, 6.07) is 8.22. The normalized spacial score (nSPS) is 18.3. The summed E-state index contributed by atoms with van der Waals surface area (Å²) >= 11 is 0. The van der Waals surface area contributed by atoms with Crippen LogP contribution in [0.25, 0.3) is 0 Å². The lowest BCUT2D eigenvalue weighted by Gasteiger charge is -2.25. The summed E-state index contributed by atoms with van der Waals surface area (Å²) in [5, 5.41) is 2.70. The molecule has 4 nitrogen and oxygen atoms in total. The van der Waals surface area contributed by atoms with Gasteiger partial charge in [-0.05, 0) is 18.1 Å². The summed E-state index contributed by atoms with van der Waals surface area (Å²) < 4.78 is 10.5. The van der Waals surface area contributed by atoms with Crippen LogP contribution >= 0.6 is 0 Å². The van der Waals surface area contributed by atoms with Gasteiger partial charge < -0.3 is 14.8 Å². The van der Waals surface area contributed by atoms with Gasteiger partial charge >= 0.3 is 6.09 Å². The Morgan fingerprint density at radius 2 is 2.24 bits per heavy atom. The summed E-state index contributed by atoms with van der Waals surface area (Å²) in [6.45, 7) is 3.28. The van der Waals surface area contributed by atoms with Crippen LogP contribution in [0.1, 0.15) is 18.1 Å². The zero-order valence-corrected chi connectivity index (χ0v) is 9.94. The number of nitrogens with one attached hydrogen (secondary N) is 1. The second-order valence-corrected chi connectivity index (χ2v) is 4.01. The SMILES string of the molecule is CCOC(=O)NCC1Cc2ccccc2CO1. The molecule has 1 aliphatic rings. The van der Waals surface area contributed by atoms with Crippen LogP contribution in [-0.4, -0.2) is 25.3 Å². The maximum Gasteiger partial charge on any atom is 0.407 e. The number of hydrogen-bond donors (Lipinski definition) is 1. The third-order valence-electron chi connectivity index (χ3n) is 2.79. The van der Waals surface area contributed by atoms with E-state index in [0.717, 1.165) is 6.42 Å². The Labute approximate surface area is 101 Å². The summed E-state index contributed by atoms with van der Waals surface area (Å²) in [5.41, 5.74) is 2.54. The Kier molecular flexibility index (Phi) is 3.98. The van der Waals surface area contributed by atoms with Gasteiger partial charge in [0.2, 0.25) is 0 Å². The minimum Gasteiger partial charge on any atom is -0.450 e. The molecule has 0 fully saturated rings. The van der Waals surface area contributed by atoms with Crippen molar-refractivity contribution in [3.63, 3.8) is 0 Å². The molecule has 0 saturated carbocycles. The van der Waals surface area contributed by atoms with Crippen molar-refractivity contribution in [2.75, 3.05) is 13.2 Å². The number of alkyl carbamates (subject to hydrolysis) is 1. The number of hydrogen-bond acceptors (Lipinski definition) is 3. The Hall–Kier alpha value is -1.55. The van der Waals surface area contributed by atoms with Crippen LogP contribution in [0.4, 0.5) is 4.79 Å². The third-order valence-corrected chi connectivity index (χ3v) is 2.79. The van der Waals surface area contributed by atoms with E-state index in [1.807, 2.05) is 12.1 Å². The van der Waals surface area contributed by atoms with E-state index < -0.39 is 0 Å². The first-order chi connectivity index (χ1) is 8.29. The zero-order valence-electron chi connectivity index (χ0n) is 9.94. The van der Waals surface area contributed by atoms with Crippen LogP contribution < -0.4 is 5.32 Å². The van der Waals surface area contributed by atoms with Crippen molar-refractivity contribution in [1.82, 2.24) is 5.32 Å². The summed E-state index contributed by atoms with van der Waals surface area (Å²) in [5.74, 6) is 0. The van der Waals surface area contributed by atoms with Crippen LogP contribution in [0.15, 0.2) is 24.3 Å². The van der Waals surface area contributed by atoms with Gasteiger partial charge in [-0.1, -0.05) is 24.3 Å². The molecular formula is C13H17NO3. The van der Waals surface area contributed by atoms with E-state index in [2.05, 4.69) is 17.4 Å². The van der Waals surface area contributed by atoms with E-state index in [1.165, 1.54) is 11.1 Å². The lowest BCUT2D eigenvalue weighted by atomic mass is 9.99. The fourth-order valence-corrected chi connectivity index (χ4v) is 1.92. The minimum absolute atomic E-state index is 0.0364. The van der Waals surface area contributed by atoms with Crippen molar-refractivity contribution < 1.29 is 14.3 Å². The molecule has 17 heavy (non-hydrogen) atoms. The maximum atomic E-state index is 11.1. The highest BCUT2D eigenvalue weighted by Gasteiger charge is 2.19. The molecule has 1 aliphatic heterocycles. The number of ether oxygens (including phenoxy) is 2. The fraction of sp³-hybridized carbons (Fsp3) is 0.462. The molecule has 1 aromatic rings. The Balaban J connectivity index is 1.84. The van der Waals surface area contributed by atoms with E-state index in [9.17, 15) is 4.79 Å². The first-order valence-electron chi connectivity index (χ1n) is 5.88. The molecule has 1 aromatic carbocycles. The molecule has 0 radical (unpaired) electrons. The molecule has 2 rings (SSSR count). The second kappa shape index (κ2) is 5.68. The smallest absolute Gasteiger partial charge is 0.407 e. The van der Waals surface area contributed by atoms with E-state index in [-0.39, 0.29) is 12.2 Å². The third kappa shape index (κ3) is 3.20. The van der Waals surface area contributed by atoms with Crippen molar-refractivity contribution in [1.29, 1.82) is 0 Å². The van der Waals surface area contributed by atoms with E-state index in [1.54, 1.807) is 6.92 Å². The number of carbonyl (C=O) groups is 1. The number of fused-ring (bicyclic) bond motifs is 1. The van der Waals surface area contributed by atoms with Crippen molar-refractivity contribution in [3.05, 3.63) is 35.4 Å². The Morgan fingerprint density at radius 1 is 1.47 bits per heavy atom. The zero-order chi connectivity index (χ0) is 12.1. The highest BCUT2D eigenvalue weighted by Crippen LogP contribution is 2.19. The quantitative estimate of drug-likeness (QED) is 0.870. The van der Waals surface area contributed by atoms with Crippen molar-refractivity contribution in [3.8, 4) is 0 Å². The molecule has 1 amide bonds. The molecule has 0 bridgehead atoms. The molecule has 1 heterocycles. The predicted molar refractivity (Wildman–Crippen MR) is 63.7 cm³/mol. The van der Waals surface area contributed by atoms with Crippen LogP contribution in [0.2, 0.25) is 0 Å². The van der Waals surface area contributed by atoms with Crippen LogP contribution in [0, 0.1) is 0 Å². The van der Waals surface area contributed by atoms with Crippen molar-refractivity contribution in [2.45, 2.75) is 26.1 Å². The van der Waals surface area contributed by atoms with Crippen molar-refractivity contribution >= 4 is 6.09 Å². The second-order valence-electron chi connectivity index (χ2n) is 4.01. The Morgan fingerprint density at radius 3 is 3.00 bits per heavy atom. The Bertz CT molecular complexity index is 392. The van der Waals surface area contributed by atoms with Crippen LogP contribution in [-0.2, 0) is 22.5 Å². The van der Waals surface area contributed by atoms with Gasteiger partial charge in [-0.15, -0.1) is 0 Å². The molecule has 0 spiro atoms. The topological polar surface area (TPSA) is 47.6 Å². The van der Waals surface area contributed by atoms with E-state index >= 15 is 0 Å². The summed E-state index contributed by atoms with van der Waals surface area (Å²) in [6.07, 6.45) is 0.493. The van der Waals surface area contributed by atoms with Gasteiger partial charge in [-0.3, -0.25) is 0 Å². The molecular weight excluding hydrogens is 218 g/mol. The average Bonchev–Trinajstić information content (AvgIpc) is 2.36. The highest BCUT2D eigenvalue weighted by atomic mass is 16.5. The number of carbonyl (C=O) groups excluding carboxylic acids is 1. The molecule has 0 aliphatic carbocycles. The predicted octanol–water partition coefficient (Wildman–Crippen LogP) is 1.87.